The number of anilines is 2. The molecular formula is C15H25N3O. The van der Waals surface area contributed by atoms with Crippen molar-refractivity contribution >= 4 is 17.3 Å². The van der Waals surface area contributed by atoms with Gasteiger partial charge in [-0.15, -0.1) is 0 Å². The Bertz CT molecular complexity index is 404. The lowest BCUT2D eigenvalue weighted by Gasteiger charge is -2.10. The lowest BCUT2D eigenvalue weighted by atomic mass is 10.1. The van der Waals surface area contributed by atoms with Crippen molar-refractivity contribution in [1.29, 1.82) is 0 Å². The molecule has 0 aliphatic heterocycles. The minimum Gasteiger partial charge on any atom is -0.397 e. The van der Waals surface area contributed by atoms with Gasteiger partial charge in [0.15, 0.2) is 0 Å². The van der Waals surface area contributed by atoms with E-state index in [1.54, 1.807) is 12.1 Å². The summed E-state index contributed by atoms with van der Waals surface area (Å²) in [7, 11) is 0. The number of nitrogens with one attached hydrogen (secondary N) is 1. The maximum atomic E-state index is 11.0. The molecular weight excluding hydrogens is 238 g/mol. The summed E-state index contributed by atoms with van der Waals surface area (Å²) >= 11 is 0. The minimum absolute atomic E-state index is 0.447. The first-order valence-electron chi connectivity index (χ1n) is 7.08. The van der Waals surface area contributed by atoms with Crippen molar-refractivity contribution in [3.05, 3.63) is 23.8 Å². The molecule has 1 aromatic carbocycles. The zero-order valence-electron chi connectivity index (χ0n) is 11.7. The largest absolute Gasteiger partial charge is 0.397 e. The highest BCUT2D eigenvalue weighted by molar-refractivity contribution is 5.94. The summed E-state index contributed by atoms with van der Waals surface area (Å²) in [6.07, 6.45) is 7.61. The highest BCUT2D eigenvalue weighted by Gasteiger charge is 2.04. The molecule has 0 aliphatic rings. The van der Waals surface area contributed by atoms with E-state index in [4.69, 9.17) is 11.5 Å². The van der Waals surface area contributed by atoms with Crippen LogP contribution in [0.3, 0.4) is 0 Å². The topological polar surface area (TPSA) is 81.1 Å². The molecule has 0 unspecified atom stereocenters. The van der Waals surface area contributed by atoms with Crippen LogP contribution >= 0.6 is 0 Å². The Morgan fingerprint density at radius 2 is 1.84 bits per heavy atom. The van der Waals surface area contributed by atoms with Gasteiger partial charge < -0.3 is 16.8 Å². The molecule has 0 fully saturated rings. The molecule has 4 heteroatoms. The van der Waals surface area contributed by atoms with Crippen LogP contribution < -0.4 is 16.8 Å². The maximum absolute atomic E-state index is 11.0. The first-order chi connectivity index (χ1) is 9.15. The number of hydrogen-bond donors (Lipinski definition) is 3. The Morgan fingerprint density at radius 1 is 1.16 bits per heavy atom. The number of carbonyl (C=O) groups is 1. The molecule has 5 N–H and O–H groups in total. The number of rotatable bonds is 9. The highest BCUT2D eigenvalue weighted by Crippen LogP contribution is 2.19. The first-order valence-corrected chi connectivity index (χ1v) is 7.08. The van der Waals surface area contributed by atoms with Crippen molar-refractivity contribution in [2.75, 3.05) is 17.6 Å². The smallest absolute Gasteiger partial charge is 0.248 e. The van der Waals surface area contributed by atoms with Gasteiger partial charge in [0.2, 0.25) is 5.91 Å². The van der Waals surface area contributed by atoms with Crippen LogP contribution in [0.5, 0.6) is 0 Å². The van der Waals surface area contributed by atoms with E-state index in [2.05, 4.69) is 12.2 Å². The van der Waals surface area contributed by atoms with E-state index in [-0.39, 0.29) is 0 Å². The monoisotopic (exact) mass is 263 g/mol. The fraction of sp³-hybridized carbons (Fsp3) is 0.533. The number of nitrogen functional groups attached to an aromatic ring is 1. The third-order valence-corrected chi connectivity index (χ3v) is 3.18. The molecule has 0 aromatic heterocycles. The molecule has 106 valence electrons. The van der Waals surface area contributed by atoms with Crippen LogP contribution in [0.2, 0.25) is 0 Å². The quantitative estimate of drug-likeness (QED) is 0.473. The Kier molecular flexibility index (Phi) is 6.79. The van der Waals surface area contributed by atoms with Crippen molar-refractivity contribution in [1.82, 2.24) is 0 Å². The molecule has 0 heterocycles. The maximum Gasteiger partial charge on any atom is 0.248 e. The van der Waals surface area contributed by atoms with Gasteiger partial charge in [0.05, 0.1) is 11.4 Å². The van der Waals surface area contributed by atoms with Gasteiger partial charge in [0, 0.05) is 12.1 Å². The minimum atomic E-state index is -0.450. The molecule has 1 aromatic rings. The summed E-state index contributed by atoms with van der Waals surface area (Å²) in [5, 5.41) is 3.29. The molecule has 4 nitrogen and oxygen atoms in total. The van der Waals surface area contributed by atoms with E-state index in [0.29, 0.717) is 11.3 Å². The van der Waals surface area contributed by atoms with Gasteiger partial charge in [-0.25, -0.2) is 0 Å². The third kappa shape index (κ3) is 5.64. The van der Waals surface area contributed by atoms with Gasteiger partial charge in [-0.2, -0.15) is 0 Å². The fourth-order valence-electron chi connectivity index (χ4n) is 2.01. The highest BCUT2D eigenvalue weighted by atomic mass is 16.1. The Labute approximate surface area is 115 Å². The van der Waals surface area contributed by atoms with E-state index in [9.17, 15) is 4.79 Å². The molecule has 0 spiro atoms. The molecule has 1 amide bonds. The SMILES string of the molecule is CCCCCCCCNc1ccc(C(N)=O)cc1N. The summed E-state index contributed by atoms with van der Waals surface area (Å²) in [5.74, 6) is -0.450. The summed E-state index contributed by atoms with van der Waals surface area (Å²) in [6, 6.07) is 5.13. The predicted octanol–water partition coefficient (Wildman–Crippen LogP) is 3.14. The first kappa shape index (κ1) is 15.3. The molecule has 1 rings (SSSR count). The van der Waals surface area contributed by atoms with E-state index in [0.717, 1.165) is 18.7 Å². The van der Waals surface area contributed by atoms with Crippen LogP contribution in [-0.2, 0) is 0 Å². The van der Waals surface area contributed by atoms with Gasteiger partial charge in [0.1, 0.15) is 0 Å². The zero-order valence-corrected chi connectivity index (χ0v) is 11.7. The van der Waals surface area contributed by atoms with Crippen molar-refractivity contribution in [2.24, 2.45) is 5.73 Å². The van der Waals surface area contributed by atoms with Crippen molar-refractivity contribution in [2.45, 2.75) is 45.4 Å². The average Bonchev–Trinajstić information content (AvgIpc) is 2.39. The zero-order chi connectivity index (χ0) is 14.1. The van der Waals surface area contributed by atoms with E-state index in [1.807, 2.05) is 6.07 Å². The Balaban J connectivity index is 2.28. The standard InChI is InChI=1S/C15H25N3O/c1-2-3-4-5-6-7-10-18-14-9-8-12(15(17)19)11-13(14)16/h8-9,11,18H,2-7,10,16H2,1H3,(H2,17,19). The number of carbonyl (C=O) groups excluding carboxylic acids is 1. The molecule has 0 atom stereocenters. The molecule has 19 heavy (non-hydrogen) atoms. The Morgan fingerprint density at radius 3 is 2.47 bits per heavy atom. The fourth-order valence-corrected chi connectivity index (χ4v) is 2.01. The second kappa shape index (κ2) is 8.40. The van der Waals surface area contributed by atoms with Crippen molar-refractivity contribution < 1.29 is 4.79 Å². The molecule has 0 bridgehead atoms. The second-order valence-electron chi connectivity index (χ2n) is 4.86. The van der Waals surface area contributed by atoms with E-state index < -0.39 is 5.91 Å². The lowest BCUT2D eigenvalue weighted by Crippen LogP contribution is -2.12. The second-order valence-corrected chi connectivity index (χ2v) is 4.86. The number of nitrogens with two attached hydrogens (primary N) is 2. The molecule has 0 saturated carbocycles. The normalized spacial score (nSPS) is 10.4. The van der Waals surface area contributed by atoms with Gasteiger partial charge in [0.25, 0.3) is 0 Å². The predicted molar refractivity (Wildman–Crippen MR) is 81.2 cm³/mol. The van der Waals surface area contributed by atoms with Gasteiger partial charge in [-0.3, -0.25) is 4.79 Å². The number of primary amides is 1. The van der Waals surface area contributed by atoms with Crippen molar-refractivity contribution in [3.63, 3.8) is 0 Å². The number of hydrogen-bond acceptors (Lipinski definition) is 3. The van der Waals surface area contributed by atoms with Crippen LogP contribution in [0, 0.1) is 0 Å². The number of unbranched alkanes of at least 4 members (excludes halogenated alkanes) is 5. The van der Waals surface area contributed by atoms with Gasteiger partial charge in [-0.05, 0) is 24.6 Å². The van der Waals surface area contributed by atoms with Crippen LogP contribution in [0.4, 0.5) is 11.4 Å². The van der Waals surface area contributed by atoms with E-state index >= 15 is 0 Å². The summed E-state index contributed by atoms with van der Waals surface area (Å²) < 4.78 is 0. The molecule has 0 radical (unpaired) electrons. The molecule has 0 saturated heterocycles. The van der Waals surface area contributed by atoms with Crippen molar-refractivity contribution in [3.8, 4) is 0 Å². The summed E-state index contributed by atoms with van der Waals surface area (Å²) in [5.41, 5.74) is 13.0. The average molecular weight is 263 g/mol. The van der Waals surface area contributed by atoms with Gasteiger partial charge >= 0.3 is 0 Å². The van der Waals surface area contributed by atoms with E-state index in [1.165, 1.54) is 32.1 Å². The molecule has 0 aliphatic carbocycles. The summed E-state index contributed by atoms with van der Waals surface area (Å²) in [4.78, 5) is 11.0. The number of benzene rings is 1. The Hall–Kier alpha value is -1.71. The number of amides is 1. The third-order valence-electron chi connectivity index (χ3n) is 3.18. The van der Waals surface area contributed by atoms with Crippen LogP contribution in [0.1, 0.15) is 55.8 Å². The van der Waals surface area contributed by atoms with Crippen LogP contribution in [-0.4, -0.2) is 12.5 Å². The van der Waals surface area contributed by atoms with Gasteiger partial charge in [-0.1, -0.05) is 39.0 Å². The lowest BCUT2D eigenvalue weighted by molar-refractivity contribution is 0.100. The summed E-state index contributed by atoms with van der Waals surface area (Å²) in [6.45, 7) is 3.13. The van der Waals surface area contributed by atoms with Crippen LogP contribution in [0.25, 0.3) is 0 Å². The van der Waals surface area contributed by atoms with Crippen LogP contribution in [0.15, 0.2) is 18.2 Å².